The number of carboxylic acids is 1. The van der Waals surface area contributed by atoms with Crippen molar-refractivity contribution in [1.82, 2.24) is 9.29 Å². The first-order valence-electron chi connectivity index (χ1n) is 5.98. The van der Waals surface area contributed by atoms with E-state index in [1.54, 1.807) is 11.8 Å². The molecule has 0 radical (unpaired) electrons. The van der Waals surface area contributed by atoms with Crippen LogP contribution in [0.3, 0.4) is 0 Å². The van der Waals surface area contributed by atoms with E-state index >= 15 is 0 Å². The number of hydrogen-bond acceptors (Lipinski definition) is 4. The van der Waals surface area contributed by atoms with E-state index in [1.807, 2.05) is 6.92 Å². The maximum atomic E-state index is 12.4. The van der Waals surface area contributed by atoms with Gasteiger partial charge in [-0.05, 0) is 12.5 Å². The molecule has 0 aromatic carbocycles. The summed E-state index contributed by atoms with van der Waals surface area (Å²) in [6, 6.07) is 1.17. The predicted molar refractivity (Wildman–Crippen MR) is 73.0 cm³/mol. The lowest BCUT2D eigenvalue weighted by Crippen LogP contribution is -2.41. The van der Waals surface area contributed by atoms with Crippen molar-refractivity contribution in [2.24, 2.45) is 0 Å². The second kappa shape index (κ2) is 5.56. The van der Waals surface area contributed by atoms with Crippen LogP contribution in [0.15, 0.2) is 17.2 Å². The van der Waals surface area contributed by atoms with Crippen LogP contribution in [0.1, 0.15) is 23.8 Å². The van der Waals surface area contributed by atoms with Gasteiger partial charge in [-0.15, -0.1) is 0 Å². The van der Waals surface area contributed by atoms with Gasteiger partial charge in [0.05, 0.1) is 0 Å². The van der Waals surface area contributed by atoms with Crippen molar-refractivity contribution < 1.29 is 18.3 Å². The number of sulfonamides is 1. The van der Waals surface area contributed by atoms with Crippen molar-refractivity contribution >= 4 is 27.8 Å². The molecule has 0 spiro atoms. The fourth-order valence-corrected chi connectivity index (χ4v) is 4.82. The van der Waals surface area contributed by atoms with Gasteiger partial charge in [0.2, 0.25) is 10.0 Å². The maximum absolute atomic E-state index is 12.4. The standard InChI is InChI=1S/C11H16N2O4S2/c1-2-8-7-13(3-4-18-8)19(16,17)9-5-10(11(14)15)12-6-9/h5-6,8,12H,2-4,7H2,1H3,(H,14,15). The minimum Gasteiger partial charge on any atom is -0.477 e. The zero-order valence-corrected chi connectivity index (χ0v) is 12.1. The van der Waals surface area contributed by atoms with Crippen molar-refractivity contribution in [3.8, 4) is 0 Å². The van der Waals surface area contributed by atoms with Crippen LogP contribution in [0.4, 0.5) is 0 Å². The highest BCUT2D eigenvalue weighted by atomic mass is 32.2. The molecule has 0 saturated carbocycles. The molecular weight excluding hydrogens is 288 g/mol. The number of nitrogens with zero attached hydrogens (tertiary/aromatic N) is 1. The van der Waals surface area contributed by atoms with Crippen molar-refractivity contribution in [3.63, 3.8) is 0 Å². The second-order valence-electron chi connectivity index (χ2n) is 4.32. The molecule has 0 aliphatic carbocycles. The molecule has 1 fully saturated rings. The molecule has 1 aromatic rings. The van der Waals surface area contributed by atoms with Crippen LogP contribution in [0.25, 0.3) is 0 Å². The van der Waals surface area contributed by atoms with E-state index in [2.05, 4.69) is 4.98 Å². The average molecular weight is 304 g/mol. The Balaban J connectivity index is 2.23. The van der Waals surface area contributed by atoms with Crippen molar-refractivity contribution in [2.45, 2.75) is 23.5 Å². The maximum Gasteiger partial charge on any atom is 0.352 e. The van der Waals surface area contributed by atoms with E-state index in [4.69, 9.17) is 5.11 Å². The largest absolute Gasteiger partial charge is 0.477 e. The molecule has 0 amide bonds. The van der Waals surface area contributed by atoms with Gasteiger partial charge in [-0.1, -0.05) is 6.92 Å². The Kier molecular flexibility index (Phi) is 4.22. The van der Waals surface area contributed by atoms with Crippen LogP contribution < -0.4 is 0 Å². The lowest BCUT2D eigenvalue weighted by Gasteiger charge is -2.30. The fourth-order valence-electron chi connectivity index (χ4n) is 1.95. The zero-order chi connectivity index (χ0) is 14.0. The van der Waals surface area contributed by atoms with Crippen LogP contribution in [0.5, 0.6) is 0 Å². The van der Waals surface area contributed by atoms with Crippen LogP contribution in [0, 0.1) is 0 Å². The number of thioether (sulfide) groups is 1. The Morgan fingerprint density at radius 1 is 1.63 bits per heavy atom. The third-order valence-corrected chi connectivity index (χ3v) is 6.30. The highest BCUT2D eigenvalue weighted by Gasteiger charge is 2.30. The smallest absolute Gasteiger partial charge is 0.352 e. The number of aromatic nitrogens is 1. The zero-order valence-electron chi connectivity index (χ0n) is 10.5. The number of carboxylic acid groups (broad SMARTS) is 1. The number of rotatable bonds is 4. The summed E-state index contributed by atoms with van der Waals surface area (Å²) >= 11 is 1.78. The molecule has 1 aliphatic heterocycles. The Morgan fingerprint density at radius 3 is 2.95 bits per heavy atom. The van der Waals surface area contributed by atoms with Gasteiger partial charge in [0, 0.05) is 30.3 Å². The van der Waals surface area contributed by atoms with Crippen LogP contribution in [-0.4, -0.2) is 52.9 Å². The molecule has 1 aliphatic rings. The van der Waals surface area contributed by atoms with Gasteiger partial charge in [-0.3, -0.25) is 0 Å². The minimum atomic E-state index is -3.59. The summed E-state index contributed by atoms with van der Waals surface area (Å²) in [4.78, 5) is 13.3. The number of aromatic carboxylic acids is 1. The molecule has 2 N–H and O–H groups in total. The number of nitrogens with one attached hydrogen (secondary N) is 1. The third kappa shape index (κ3) is 2.96. The Bertz CT molecular complexity index is 567. The van der Waals surface area contributed by atoms with Crippen molar-refractivity contribution in [3.05, 3.63) is 18.0 Å². The van der Waals surface area contributed by atoms with Crippen molar-refractivity contribution in [2.75, 3.05) is 18.8 Å². The van der Waals surface area contributed by atoms with Crippen LogP contribution in [0.2, 0.25) is 0 Å². The highest BCUT2D eigenvalue weighted by Crippen LogP contribution is 2.26. The quantitative estimate of drug-likeness (QED) is 0.873. The Hall–Kier alpha value is -0.990. The minimum absolute atomic E-state index is 0.0200. The molecule has 106 valence electrons. The second-order valence-corrected chi connectivity index (χ2v) is 7.66. The van der Waals surface area contributed by atoms with Gasteiger partial charge in [-0.25, -0.2) is 13.2 Å². The Morgan fingerprint density at radius 2 is 2.37 bits per heavy atom. The van der Waals surface area contributed by atoms with E-state index in [-0.39, 0.29) is 10.6 Å². The number of aromatic amines is 1. The summed E-state index contributed by atoms with van der Waals surface area (Å²) < 4.78 is 26.2. The lowest BCUT2D eigenvalue weighted by molar-refractivity contribution is 0.0691. The normalized spacial score (nSPS) is 21.4. The number of hydrogen-bond donors (Lipinski definition) is 2. The van der Waals surface area contributed by atoms with Crippen LogP contribution in [-0.2, 0) is 10.0 Å². The molecule has 1 aromatic heterocycles. The summed E-state index contributed by atoms with van der Waals surface area (Å²) in [5.74, 6) is -0.393. The molecule has 8 heteroatoms. The van der Waals surface area contributed by atoms with E-state index in [0.717, 1.165) is 12.2 Å². The molecule has 6 nitrogen and oxygen atoms in total. The highest BCUT2D eigenvalue weighted by molar-refractivity contribution is 8.00. The van der Waals surface area contributed by atoms with Gasteiger partial charge < -0.3 is 10.1 Å². The first kappa shape index (κ1) is 14.4. The number of H-pyrrole nitrogens is 1. The fraction of sp³-hybridized carbons (Fsp3) is 0.545. The average Bonchev–Trinajstić information content (AvgIpc) is 2.89. The van der Waals surface area contributed by atoms with Gasteiger partial charge in [0.1, 0.15) is 10.6 Å². The van der Waals surface area contributed by atoms with Crippen molar-refractivity contribution in [1.29, 1.82) is 0 Å². The van der Waals surface area contributed by atoms with Gasteiger partial charge in [0.25, 0.3) is 0 Å². The number of carbonyl (C=O) groups is 1. The first-order chi connectivity index (χ1) is 8.95. The van der Waals surface area contributed by atoms with E-state index in [0.29, 0.717) is 18.3 Å². The van der Waals surface area contributed by atoms with E-state index < -0.39 is 16.0 Å². The van der Waals surface area contributed by atoms with Crippen LogP contribution >= 0.6 is 11.8 Å². The summed E-state index contributed by atoms with van der Waals surface area (Å²) in [7, 11) is -3.59. The molecule has 1 atom stereocenters. The monoisotopic (exact) mass is 304 g/mol. The van der Waals surface area contributed by atoms with Gasteiger partial charge in [0.15, 0.2) is 0 Å². The third-order valence-electron chi connectivity index (χ3n) is 3.08. The first-order valence-corrected chi connectivity index (χ1v) is 8.47. The van der Waals surface area contributed by atoms with E-state index in [9.17, 15) is 13.2 Å². The molecule has 2 rings (SSSR count). The summed E-state index contributed by atoms with van der Waals surface area (Å²) in [5.41, 5.74) is -0.114. The van der Waals surface area contributed by atoms with E-state index in [1.165, 1.54) is 16.6 Å². The molecule has 1 unspecified atom stereocenters. The SMILES string of the molecule is CCC1CN(S(=O)(=O)c2c[nH]c(C(=O)O)c2)CCS1. The summed E-state index contributed by atoms with van der Waals surface area (Å²) in [6.07, 6.45) is 2.16. The molecule has 2 heterocycles. The molecule has 1 saturated heterocycles. The molecule has 0 bridgehead atoms. The summed E-state index contributed by atoms with van der Waals surface area (Å²) in [5, 5.41) is 9.12. The van der Waals surface area contributed by atoms with Gasteiger partial charge in [-0.2, -0.15) is 16.1 Å². The van der Waals surface area contributed by atoms with Gasteiger partial charge >= 0.3 is 5.97 Å². The topological polar surface area (TPSA) is 90.5 Å². The lowest BCUT2D eigenvalue weighted by atomic mass is 10.3. The Labute approximate surface area is 116 Å². The molecular formula is C11H16N2O4S2. The predicted octanol–water partition coefficient (Wildman–Crippen LogP) is 1.23. The molecule has 19 heavy (non-hydrogen) atoms. The summed E-state index contributed by atoms with van der Waals surface area (Å²) in [6.45, 7) is 2.99.